The van der Waals surface area contributed by atoms with Crippen LogP contribution in [0.1, 0.15) is 43.1 Å². The van der Waals surface area contributed by atoms with E-state index in [0.29, 0.717) is 11.3 Å². The molecule has 1 aliphatic heterocycles. The van der Waals surface area contributed by atoms with Crippen LogP contribution >= 0.6 is 0 Å². The summed E-state index contributed by atoms with van der Waals surface area (Å²) in [4.78, 5) is 36.2. The second-order valence-electron chi connectivity index (χ2n) is 6.38. The van der Waals surface area contributed by atoms with Crippen molar-refractivity contribution < 1.29 is 24.2 Å². The summed E-state index contributed by atoms with van der Waals surface area (Å²) < 4.78 is 5.30. The van der Waals surface area contributed by atoms with Gasteiger partial charge in [0, 0.05) is 24.2 Å². The Morgan fingerprint density at radius 2 is 1.96 bits per heavy atom. The molecule has 3 amide bonds. The molecule has 0 radical (unpaired) electrons. The Kier molecular flexibility index (Phi) is 4.31. The van der Waals surface area contributed by atoms with E-state index < -0.39 is 12.0 Å². The normalized spacial score (nSPS) is 15.4. The smallest absolute Gasteiger partial charge is 0.339 e. The number of imide groups is 1. The van der Waals surface area contributed by atoms with Crippen molar-refractivity contribution in [3.63, 3.8) is 0 Å². The first-order chi connectivity index (χ1) is 10.6. The van der Waals surface area contributed by atoms with Crippen LogP contribution in [0.5, 0.6) is 5.75 Å². The zero-order valence-electron chi connectivity index (χ0n) is 13.6. The lowest BCUT2D eigenvalue weighted by molar-refractivity contribution is -0.120. The summed E-state index contributed by atoms with van der Waals surface area (Å²) in [6.45, 7) is 6.00. The fourth-order valence-electron chi connectivity index (χ4n) is 2.52. The zero-order chi connectivity index (χ0) is 17.4. The number of methoxy groups -OCH3 is 1. The molecule has 7 heteroatoms. The van der Waals surface area contributed by atoms with Gasteiger partial charge in [-0.1, -0.05) is 20.8 Å². The molecule has 2 rings (SSSR count). The van der Waals surface area contributed by atoms with Gasteiger partial charge < -0.3 is 9.84 Å². The highest BCUT2D eigenvalue weighted by Gasteiger charge is 2.30. The number of hydrogen-bond donors (Lipinski definition) is 2. The zero-order valence-corrected chi connectivity index (χ0v) is 13.6. The maximum Gasteiger partial charge on any atom is 0.339 e. The molecule has 1 heterocycles. The summed E-state index contributed by atoms with van der Waals surface area (Å²) in [6.07, 6.45) is 0.172. The van der Waals surface area contributed by atoms with E-state index in [9.17, 15) is 19.5 Å². The van der Waals surface area contributed by atoms with E-state index in [1.54, 1.807) is 6.07 Å². The highest BCUT2D eigenvalue weighted by Crippen LogP contribution is 2.38. The van der Waals surface area contributed by atoms with Gasteiger partial charge in [-0.2, -0.15) is 0 Å². The topological polar surface area (TPSA) is 95.9 Å². The molecule has 0 aliphatic carbocycles. The number of rotatable bonds is 3. The standard InChI is InChI=1S/C16H20N2O5/c1-16(2,3)11-8-9(7-10(14(20)21)13(11)23-4)18-6-5-12(19)17-15(18)22/h7-8H,5-6H2,1-4H3,(H,20,21)(H,17,19,22). The molecule has 0 bridgehead atoms. The second-order valence-corrected chi connectivity index (χ2v) is 6.38. The van der Waals surface area contributed by atoms with E-state index in [0.717, 1.165) is 0 Å². The highest BCUT2D eigenvalue weighted by atomic mass is 16.5. The molecule has 2 N–H and O–H groups in total. The minimum Gasteiger partial charge on any atom is -0.496 e. The number of carbonyl (C=O) groups is 3. The molecule has 1 aromatic rings. The summed E-state index contributed by atoms with van der Waals surface area (Å²) in [5.74, 6) is -1.20. The van der Waals surface area contributed by atoms with Crippen LogP contribution in [-0.2, 0) is 10.2 Å². The molecule has 0 saturated carbocycles. The molecule has 7 nitrogen and oxygen atoms in total. The maximum absolute atomic E-state index is 12.0. The highest BCUT2D eigenvalue weighted by molar-refractivity contribution is 6.06. The van der Waals surface area contributed by atoms with Crippen LogP contribution in [0.25, 0.3) is 0 Å². The second kappa shape index (κ2) is 5.91. The summed E-state index contributed by atoms with van der Waals surface area (Å²) >= 11 is 0. The lowest BCUT2D eigenvalue weighted by atomic mass is 9.84. The number of ether oxygens (including phenoxy) is 1. The number of carbonyl (C=O) groups excluding carboxylic acids is 2. The molecule has 0 unspecified atom stereocenters. The van der Waals surface area contributed by atoms with E-state index >= 15 is 0 Å². The fourth-order valence-corrected chi connectivity index (χ4v) is 2.52. The molecule has 23 heavy (non-hydrogen) atoms. The van der Waals surface area contributed by atoms with Gasteiger partial charge in [0.1, 0.15) is 11.3 Å². The molecular weight excluding hydrogens is 300 g/mol. The molecule has 1 aromatic carbocycles. The van der Waals surface area contributed by atoms with Crippen LogP contribution in [0.4, 0.5) is 10.5 Å². The van der Waals surface area contributed by atoms with E-state index in [4.69, 9.17) is 4.74 Å². The lowest BCUT2D eigenvalue weighted by Crippen LogP contribution is -2.49. The van der Waals surface area contributed by atoms with Gasteiger partial charge in [0.05, 0.1) is 7.11 Å². The Balaban J connectivity index is 2.61. The average molecular weight is 320 g/mol. The lowest BCUT2D eigenvalue weighted by Gasteiger charge is -2.30. The summed E-state index contributed by atoms with van der Waals surface area (Å²) in [6, 6.07) is 2.58. The van der Waals surface area contributed by atoms with Crippen molar-refractivity contribution in [1.29, 1.82) is 0 Å². The number of carboxylic acid groups (broad SMARTS) is 1. The Morgan fingerprint density at radius 1 is 1.30 bits per heavy atom. The monoisotopic (exact) mass is 320 g/mol. The average Bonchev–Trinajstić information content (AvgIpc) is 2.44. The Morgan fingerprint density at radius 3 is 2.43 bits per heavy atom. The fraction of sp³-hybridized carbons (Fsp3) is 0.438. The predicted molar refractivity (Wildman–Crippen MR) is 84.2 cm³/mol. The SMILES string of the molecule is COc1c(C(=O)O)cc(N2CCC(=O)NC2=O)cc1C(C)(C)C. The number of carboxylic acids is 1. The molecule has 124 valence electrons. The van der Waals surface area contributed by atoms with Gasteiger partial charge in [0.15, 0.2) is 0 Å². The first-order valence-corrected chi connectivity index (χ1v) is 7.22. The van der Waals surface area contributed by atoms with Crippen LogP contribution in [0.15, 0.2) is 12.1 Å². The number of nitrogens with one attached hydrogen (secondary N) is 1. The minimum absolute atomic E-state index is 0.0142. The molecule has 0 spiro atoms. The molecular formula is C16H20N2O5. The number of amides is 3. The summed E-state index contributed by atoms with van der Waals surface area (Å²) in [5.41, 5.74) is 0.713. The van der Waals surface area contributed by atoms with Gasteiger partial charge in [-0.25, -0.2) is 9.59 Å². The Labute approximate surface area is 134 Å². The molecule has 1 aliphatic rings. The van der Waals surface area contributed by atoms with Gasteiger partial charge in [0.2, 0.25) is 5.91 Å². The number of aromatic carboxylic acids is 1. The first-order valence-electron chi connectivity index (χ1n) is 7.22. The number of nitrogens with zero attached hydrogens (tertiary/aromatic N) is 1. The van der Waals surface area contributed by atoms with Crippen LogP contribution < -0.4 is 15.0 Å². The number of benzene rings is 1. The largest absolute Gasteiger partial charge is 0.496 e. The van der Waals surface area contributed by atoms with Crippen LogP contribution in [-0.4, -0.2) is 36.7 Å². The molecule has 1 fully saturated rings. The predicted octanol–water partition coefficient (Wildman–Crippen LogP) is 2.14. The van der Waals surface area contributed by atoms with Gasteiger partial charge in [-0.3, -0.25) is 15.0 Å². The van der Waals surface area contributed by atoms with Crippen molar-refractivity contribution >= 4 is 23.6 Å². The maximum atomic E-state index is 12.0. The Bertz CT molecular complexity index is 676. The van der Waals surface area contributed by atoms with E-state index in [1.807, 2.05) is 20.8 Å². The Hall–Kier alpha value is -2.57. The van der Waals surface area contributed by atoms with Crippen LogP contribution in [0.2, 0.25) is 0 Å². The minimum atomic E-state index is -1.14. The van der Waals surface area contributed by atoms with E-state index in [2.05, 4.69) is 5.32 Å². The van der Waals surface area contributed by atoms with Gasteiger partial charge in [0.25, 0.3) is 0 Å². The number of anilines is 1. The van der Waals surface area contributed by atoms with E-state index in [1.165, 1.54) is 18.1 Å². The molecule has 0 atom stereocenters. The van der Waals surface area contributed by atoms with Gasteiger partial charge in [-0.05, 0) is 17.5 Å². The molecule has 1 saturated heterocycles. The quantitative estimate of drug-likeness (QED) is 0.889. The number of urea groups is 1. The van der Waals surface area contributed by atoms with Crippen LogP contribution in [0.3, 0.4) is 0 Å². The third-order valence-electron chi connectivity index (χ3n) is 3.68. The van der Waals surface area contributed by atoms with Gasteiger partial charge >= 0.3 is 12.0 Å². The molecule has 0 aromatic heterocycles. The number of hydrogen-bond acceptors (Lipinski definition) is 4. The van der Waals surface area contributed by atoms with Gasteiger partial charge in [-0.15, -0.1) is 0 Å². The van der Waals surface area contributed by atoms with Crippen LogP contribution in [0, 0.1) is 0 Å². The third kappa shape index (κ3) is 3.28. The van der Waals surface area contributed by atoms with Crippen molar-refractivity contribution in [3.8, 4) is 5.75 Å². The summed E-state index contributed by atoms with van der Waals surface area (Å²) in [5, 5.41) is 11.7. The summed E-state index contributed by atoms with van der Waals surface area (Å²) in [7, 11) is 1.42. The third-order valence-corrected chi connectivity index (χ3v) is 3.68. The van der Waals surface area contributed by atoms with Crippen molar-refractivity contribution in [2.75, 3.05) is 18.6 Å². The van der Waals surface area contributed by atoms with Crippen molar-refractivity contribution in [2.45, 2.75) is 32.6 Å². The first kappa shape index (κ1) is 16.8. The van der Waals surface area contributed by atoms with E-state index in [-0.39, 0.29) is 35.6 Å². The van der Waals surface area contributed by atoms with Crippen molar-refractivity contribution in [1.82, 2.24) is 5.32 Å². The van der Waals surface area contributed by atoms with Crippen molar-refractivity contribution in [3.05, 3.63) is 23.3 Å². The van der Waals surface area contributed by atoms with Crippen molar-refractivity contribution in [2.24, 2.45) is 0 Å².